The molecule has 0 radical (unpaired) electrons. The Hall–Kier alpha value is -0.570. The summed E-state index contributed by atoms with van der Waals surface area (Å²) in [4.78, 5) is 0. The van der Waals surface area contributed by atoms with Crippen molar-refractivity contribution in [2.75, 3.05) is 0 Å². The first-order chi connectivity index (χ1) is 6.13. The third-order valence-corrected chi connectivity index (χ3v) is 2.12. The molecule has 1 aromatic carbocycles. The lowest BCUT2D eigenvalue weighted by Crippen LogP contribution is -2.18. The van der Waals surface area contributed by atoms with Crippen molar-refractivity contribution in [3.8, 4) is 0 Å². The van der Waals surface area contributed by atoms with Crippen LogP contribution in [0.15, 0.2) is 18.2 Å². The summed E-state index contributed by atoms with van der Waals surface area (Å²) >= 11 is 5.83. The van der Waals surface area contributed by atoms with E-state index in [2.05, 4.69) is 0 Å². The monoisotopic (exact) mass is 199 g/mol. The molecule has 0 spiro atoms. The molecule has 0 aliphatic rings. The van der Waals surface area contributed by atoms with Gasteiger partial charge in [0, 0.05) is 11.1 Å². The molecule has 2 nitrogen and oxygen atoms in total. The molecular formula is C10H14ClNO. The zero-order valence-corrected chi connectivity index (χ0v) is 8.38. The lowest BCUT2D eigenvalue weighted by molar-refractivity contribution is 0.280. The average molecular weight is 200 g/mol. The molecule has 1 atom stereocenters. The van der Waals surface area contributed by atoms with Crippen LogP contribution in [0.25, 0.3) is 0 Å². The minimum absolute atomic E-state index is 0.0409. The first-order valence-corrected chi connectivity index (χ1v) is 4.65. The Morgan fingerprint density at radius 3 is 2.69 bits per heavy atom. The van der Waals surface area contributed by atoms with Gasteiger partial charge in [-0.25, -0.2) is 0 Å². The Labute approximate surface area is 83.3 Å². The van der Waals surface area contributed by atoms with E-state index in [1.54, 1.807) is 6.07 Å². The van der Waals surface area contributed by atoms with Crippen molar-refractivity contribution in [1.29, 1.82) is 0 Å². The number of halogens is 1. The number of rotatable bonds is 3. The maximum atomic E-state index is 9.04. The van der Waals surface area contributed by atoms with Crippen LogP contribution < -0.4 is 5.73 Å². The molecule has 0 unspecified atom stereocenters. The maximum absolute atomic E-state index is 9.04. The zero-order chi connectivity index (χ0) is 9.84. The molecule has 1 rings (SSSR count). The molecule has 0 aromatic heterocycles. The molecule has 3 heteroatoms. The fraction of sp³-hybridized carbons (Fsp3) is 0.400. The molecule has 3 N–H and O–H groups in total. The number of aliphatic hydroxyl groups is 1. The summed E-state index contributed by atoms with van der Waals surface area (Å²) in [5.41, 5.74) is 7.61. The third-order valence-electron chi connectivity index (χ3n) is 1.88. The summed E-state index contributed by atoms with van der Waals surface area (Å²) in [7, 11) is 0. The van der Waals surface area contributed by atoms with E-state index in [4.69, 9.17) is 22.4 Å². The highest BCUT2D eigenvalue weighted by Crippen LogP contribution is 2.17. The van der Waals surface area contributed by atoms with Crippen LogP contribution in [0, 0.1) is 0 Å². The first-order valence-electron chi connectivity index (χ1n) is 4.27. The van der Waals surface area contributed by atoms with Gasteiger partial charge in [0.2, 0.25) is 0 Å². The Morgan fingerprint density at radius 1 is 1.46 bits per heavy atom. The van der Waals surface area contributed by atoms with E-state index < -0.39 is 0 Å². The summed E-state index contributed by atoms with van der Waals surface area (Å²) in [5, 5.41) is 9.73. The predicted octanol–water partition coefficient (Wildman–Crippen LogP) is 1.72. The van der Waals surface area contributed by atoms with Gasteiger partial charge in [0.1, 0.15) is 0 Å². The van der Waals surface area contributed by atoms with Gasteiger partial charge < -0.3 is 10.8 Å². The molecule has 0 aliphatic carbocycles. The largest absolute Gasteiger partial charge is 0.392 e. The topological polar surface area (TPSA) is 46.2 Å². The van der Waals surface area contributed by atoms with Crippen LogP contribution in [0.5, 0.6) is 0 Å². The summed E-state index contributed by atoms with van der Waals surface area (Å²) < 4.78 is 0. The molecule has 0 saturated carbocycles. The van der Waals surface area contributed by atoms with Crippen LogP contribution in [0.4, 0.5) is 0 Å². The molecule has 0 fully saturated rings. The van der Waals surface area contributed by atoms with E-state index in [1.165, 1.54) is 0 Å². The van der Waals surface area contributed by atoms with Gasteiger partial charge in [-0.2, -0.15) is 0 Å². The highest BCUT2D eigenvalue weighted by Gasteiger charge is 2.04. The van der Waals surface area contributed by atoms with Crippen LogP contribution in [-0.2, 0) is 13.0 Å². The van der Waals surface area contributed by atoms with Gasteiger partial charge in [0.25, 0.3) is 0 Å². The van der Waals surface area contributed by atoms with Crippen LogP contribution in [0.2, 0.25) is 5.02 Å². The maximum Gasteiger partial charge on any atom is 0.0684 e. The second-order valence-corrected chi connectivity index (χ2v) is 3.69. The molecule has 0 aliphatic heterocycles. The molecule has 72 valence electrons. The van der Waals surface area contributed by atoms with Crippen molar-refractivity contribution in [3.05, 3.63) is 34.3 Å². The van der Waals surface area contributed by atoms with Crippen LogP contribution >= 0.6 is 11.6 Å². The van der Waals surface area contributed by atoms with Gasteiger partial charge in [0.15, 0.2) is 0 Å². The van der Waals surface area contributed by atoms with E-state index in [1.807, 2.05) is 19.1 Å². The number of nitrogens with two attached hydrogens (primary N) is 1. The van der Waals surface area contributed by atoms with Crippen molar-refractivity contribution in [2.45, 2.75) is 26.0 Å². The molecule has 0 amide bonds. The standard InChI is InChI=1S/C10H14ClNO/c1-7(12)4-9-5-10(11)3-2-8(9)6-13/h2-3,5,7,13H,4,6,12H2,1H3/t7-/m1/s1. The minimum Gasteiger partial charge on any atom is -0.392 e. The zero-order valence-electron chi connectivity index (χ0n) is 7.63. The van der Waals surface area contributed by atoms with Gasteiger partial charge in [-0.15, -0.1) is 0 Å². The summed E-state index contributed by atoms with van der Waals surface area (Å²) in [6.45, 7) is 1.97. The number of aliphatic hydroxyl groups excluding tert-OH is 1. The van der Waals surface area contributed by atoms with E-state index in [9.17, 15) is 0 Å². The fourth-order valence-electron chi connectivity index (χ4n) is 1.29. The van der Waals surface area contributed by atoms with Gasteiger partial charge in [-0.3, -0.25) is 0 Å². The van der Waals surface area contributed by atoms with E-state index in [-0.39, 0.29) is 12.6 Å². The van der Waals surface area contributed by atoms with Crippen molar-refractivity contribution in [3.63, 3.8) is 0 Å². The van der Waals surface area contributed by atoms with Crippen molar-refractivity contribution in [1.82, 2.24) is 0 Å². The highest BCUT2D eigenvalue weighted by atomic mass is 35.5. The van der Waals surface area contributed by atoms with Gasteiger partial charge >= 0.3 is 0 Å². The quantitative estimate of drug-likeness (QED) is 0.779. The molecule has 13 heavy (non-hydrogen) atoms. The van der Waals surface area contributed by atoms with E-state index in [0.717, 1.165) is 17.5 Å². The Morgan fingerprint density at radius 2 is 2.15 bits per heavy atom. The summed E-state index contributed by atoms with van der Waals surface area (Å²) in [5.74, 6) is 0. The summed E-state index contributed by atoms with van der Waals surface area (Å²) in [6, 6.07) is 5.55. The van der Waals surface area contributed by atoms with Crippen LogP contribution in [0.1, 0.15) is 18.1 Å². The molecule has 1 aromatic rings. The molecule has 0 bridgehead atoms. The second kappa shape index (κ2) is 4.61. The van der Waals surface area contributed by atoms with E-state index >= 15 is 0 Å². The minimum atomic E-state index is 0.0409. The van der Waals surface area contributed by atoms with E-state index in [0.29, 0.717) is 5.02 Å². The summed E-state index contributed by atoms with van der Waals surface area (Å²) in [6.07, 6.45) is 0.746. The van der Waals surface area contributed by atoms with Gasteiger partial charge in [0.05, 0.1) is 6.61 Å². The Bertz CT molecular complexity index is 286. The predicted molar refractivity (Wildman–Crippen MR) is 54.7 cm³/mol. The van der Waals surface area contributed by atoms with Gasteiger partial charge in [-0.05, 0) is 36.6 Å². The lowest BCUT2D eigenvalue weighted by Gasteiger charge is -2.10. The SMILES string of the molecule is C[C@@H](N)Cc1cc(Cl)ccc1CO. The smallest absolute Gasteiger partial charge is 0.0684 e. The first kappa shape index (κ1) is 10.5. The number of hydrogen-bond acceptors (Lipinski definition) is 2. The molecule has 0 heterocycles. The second-order valence-electron chi connectivity index (χ2n) is 3.25. The normalized spacial score (nSPS) is 12.9. The lowest BCUT2D eigenvalue weighted by atomic mass is 10.0. The number of hydrogen-bond donors (Lipinski definition) is 2. The molecule has 0 saturated heterocycles. The van der Waals surface area contributed by atoms with Crippen LogP contribution in [-0.4, -0.2) is 11.1 Å². The molecular weight excluding hydrogens is 186 g/mol. The van der Waals surface area contributed by atoms with Crippen molar-refractivity contribution >= 4 is 11.6 Å². The van der Waals surface area contributed by atoms with Gasteiger partial charge in [-0.1, -0.05) is 17.7 Å². The average Bonchev–Trinajstić information content (AvgIpc) is 2.03. The Kier molecular flexibility index (Phi) is 3.72. The van der Waals surface area contributed by atoms with Crippen molar-refractivity contribution < 1.29 is 5.11 Å². The third kappa shape index (κ3) is 2.99. The highest BCUT2D eigenvalue weighted by molar-refractivity contribution is 6.30. The van der Waals surface area contributed by atoms with Crippen molar-refractivity contribution in [2.24, 2.45) is 5.73 Å². The fourth-order valence-corrected chi connectivity index (χ4v) is 1.48. The Balaban J connectivity index is 2.94. The van der Waals surface area contributed by atoms with Crippen LogP contribution in [0.3, 0.4) is 0 Å². The number of benzene rings is 1.